The Morgan fingerprint density at radius 3 is 1.31 bits per heavy atom. The number of methoxy groups -OCH3 is 2. The van der Waals surface area contributed by atoms with E-state index in [0.717, 1.165) is 44.9 Å². The summed E-state index contributed by atoms with van der Waals surface area (Å²) in [6.07, 6.45) is 1.85. The van der Waals surface area contributed by atoms with E-state index in [2.05, 4.69) is 105 Å². The standard InChI is InChI=1S/C31H45NO2Si/c1-20(2)35(21(3)4,22(5)6)15-13-14-32-29(27-16-23(7)30(33-11)24(8)17-27)28-18-25(9)31(34-12)26(10)19-28/h14,16-22,29H,1-12H3. The fraction of sp³-hybridized carbons (Fsp3) is 0.516. The van der Waals surface area contributed by atoms with Crippen molar-refractivity contribution in [2.75, 3.05) is 14.2 Å². The second-order valence-corrected chi connectivity index (χ2v) is 16.3. The number of aliphatic imine (C=N–C) groups is 1. The van der Waals surface area contributed by atoms with E-state index in [0.29, 0.717) is 16.6 Å². The SMILES string of the molecule is COc1c(C)cc(C(N=CC#C[Si](C(C)C)(C(C)C)C(C)C)c2cc(C)c(OC)c(C)c2)cc1C. The van der Waals surface area contributed by atoms with Crippen LogP contribution in [-0.2, 0) is 0 Å². The maximum atomic E-state index is 5.62. The molecule has 0 aliphatic heterocycles. The summed E-state index contributed by atoms with van der Waals surface area (Å²) in [5, 5.41) is 0. The molecule has 2 aromatic rings. The van der Waals surface area contributed by atoms with E-state index >= 15 is 0 Å². The van der Waals surface area contributed by atoms with Crippen LogP contribution in [0.25, 0.3) is 0 Å². The van der Waals surface area contributed by atoms with Gasteiger partial charge in [-0.05, 0) is 102 Å². The fourth-order valence-electron chi connectivity index (χ4n) is 5.99. The minimum absolute atomic E-state index is 0.149. The van der Waals surface area contributed by atoms with Crippen molar-refractivity contribution in [3.8, 4) is 23.0 Å². The van der Waals surface area contributed by atoms with Crippen molar-refractivity contribution < 1.29 is 9.47 Å². The lowest BCUT2D eigenvalue weighted by Gasteiger charge is -2.37. The molecule has 3 nitrogen and oxygen atoms in total. The van der Waals surface area contributed by atoms with Gasteiger partial charge in [0.25, 0.3) is 0 Å². The van der Waals surface area contributed by atoms with Crippen LogP contribution < -0.4 is 9.47 Å². The molecular weight excluding hydrogens is 446 g/mol. The molecule has 2 aromatic carbocycles. The van der Waals surface area contributed by atoms with E-state index in [9.17, 15) is 0 Å². The van der Waals surface area contributed by atoms with E-state index < -0.39 is 8.07 Å². The predicted octanol–water partition coefficient (Wildman–Crippen LogP) is 8.32. The number of benzene rings is 2. The van der Waals surface area contributed by atoms with E-state index in [-0.39, 0.29) is 6.04 Å². The number of hydrogen-bond acceptors (Lipinski definition) is 3. The quantitative estimate of drug-likeness (QED) is 0.211. The van der Waals surface area contributed by atoms with Gasteiger partial charge in [0.15, 0.2) is 0 Å². The van der Waals surface area contributed by atoms with E-state index in [1.165, 1.54) is 0 Å². The lowest BCUT2D eigenvalue weighted by atomic mass is 9.93. The highest BCUT2D eigenvalue weighted by molar-refractivity contribution is 6.90. The molecule has 190 valence electrons. The lowest BCUT2D eigenvalue weighted by Crippen LogP contribution is -2.43. The molecule has 0 aromatic heterocycles. The molecule has 0 heterocycles. The molecule has 0 bridgehead atoms. The molecule has 0 aliphatic carbocycles. The average molecular weight is 492 g/mol. The second-order valence-electron chi connectivity index (χ2n) is 10.7. The molecule has 0 N–H and O–H groups in total. The molecule has 4 heteroatoms. The van der Waals surface area contributed by atoms with Crippen molar-refractivity contribution in [3.05, 3.63) is 57.6 Å². The van der Waals surface area contributed by atoms with Gasteiger partial charge in [0, 0.05) is 0 Å². The summed E-state index contributed by atoms with van der Waals surface area (Å²) in [5.74, 6) is 5.28. The first-order valence-electron chi connectivity index (χ1n) is 12.7. The van der Waals surface area contributed by atoms with Gasteiger partial charge in [-0.15, -0.1) is 5.54 Å². The second kappa shape index (κ2) is 12.0. The minimum atomic E-state index is -1.80. The van der Waals surface area contributed by atoms with Gasteiger partial charge in [-0.1, -0.05) is 47.5 Å². The van der Waals surface area contributed by atoms with Gasteiger partial charge in [-0.3, -0.25) is 4.99 Å². The molecule has 0 fully saturated rings. The number of aryl methyl sites for hydroxylation is 4. The molecule has 0 aliphatic rings. The van der Waals surface area contributed by atoms with Crippen LogP contribution in [0.4, 0.5) is 0 Å². The smallest absolute Gasteiger partial charge is 0.146 e. The third-order valence-corrected chi connectivity index (χ3v) is 13.8. The molecule has 0 unspecified atom stereocenters. The molecule has 0 radical (unpaired) electrons. The van der Waals surface area contributed by atoms with Gasteiger partial charge in [-0.2, -0.15) is 0 Å². The highest BCUT2D eigenvalue weighted by atomic mass is 28.3. The summed E-state index contributed by atoms with van der Waals surface area (Å²) in [6.45, 7) is 22.4. The zero-order valence-corrected chi connectivity index (χ0v) is 25.0. The summed E-state index contributed by atoms with van der Waals surface area (Å²) in [6, 6.07) is 8.60. The Bertz CT molecular complexity index is 991. The van der Waals surface area contributed by atoms with Gasteiger partial charge in [0.2, 0.25) is 0 Å². The summed E-state index contributed by atoms with van der Waals surface area (Å²) in [7, 11) is 1.65. The monoisotopic (exact) mass is 491 g/mol. The lowest BCUT2D eigenvalue weighted by molar-refractivity contribution is 0.408. The summed E-state index contributed by atoms with van der Waals surface area (Å²) in [5.41, 5.74) is 12.3. The predicted molar refractivity (Wildman–Crippen MR) is 154 cm³/mol. The molecular formula is C31H45NO2Si. The normalized spacial score (nSPS) is 12.1. The molecule has 0 amide bonds. The van der Waals surface area contributed by atoms with Crippen molar-refractivity contribution in [2.45, 2.75) is 91.9 Å². The van der Waals surface area contributed by atoms with Crippen molar-refractivity contribution in [3.63, 3.8) is 0 Å². The van der Waals surface area contributed by atoms with Crippen LogP contribution in [0.1, 0.15) is 81.0 Å². The van der Waals surface area contributed by atoms with E-state index in [1.54, 1.807) is 14.2 Å². The Hall–Kier alpha value is -2.51. The summed E-state index contributed by atoms with van der Waals surface area (Å²) < 4.78 is 11.2. The number of hydrogen-bond donors (Lipinski definition) is 0. The molecule has 0 saturated carbocycles. The largest absolute Gasteiger partial charge is 0.496 e. The van der Waals surface area contributed by atoms with Gasteiger partial charge < -0.3 is 9.47 Å². The van der Waals surface area contributed by atoms with Crippen molar-refractivity contribution in [2.24, 2.45) is 4.99 Å². The molecule has 35 heavy (non-hydrogen) atoms. The Morgan fingerprint density at radius 1 is 0.686 bits per heavy atom. The average Bonchev–Trinajstić information content (AvgIpc) is 2.75. The third-order valence-electron chi connectivity index (χ3n) is 7.45. The molecule has 0 spiro atoms. The highest BCUT2D eigenvalue weighted by Crippen LogP contribution is 2.41. The Balaban J connectivity index is 2.66. The van der Waals surface area contributed by atoms with E-state index in [1.807, 2.05) is 6.21 Å². The topological polar surface area (TPSA) is 30.8 Å². The van der Waals surface area contributed by atoms with Crippen LogP contribution in [0, 0.1) is 39.2 Å². The zero-order valence-electron chi connectivity index (χ0n) is 24.0. The van der Waals surface area contributed by atoms with Gasteiger partial charge in [0.1, 0.15) is 25.6 Å². The van der Waals surface area contributed by atoms with Gasteiger partial charge in [0.05, 0.1) is 20.4 Å². The Labute approximate surface area is 215 Å². The summed E-state index contributed by atoms with van der Waals surface area (Å²) in [4.78, 5) is 5.06. The maximum absolute atomic E-state index is 5.62. The third kappa shape index (κ3) is 6.01. The van der Waals surface area contributed by atoms with Gasteiger partial charge in [-0.25, -0.2) is 0 Å². The first-order valence-corrected chi connectivity index (χ1v) is 15.0. The van der Waals surface area contributed by atoms with E-state index in [4.69, 9.17) is 14.5 Å². The highest BCUT2D eigenvalue weighted by Gasteiger charge is 2.41. The Morgan fingerprint density at radius 2 is 1.03 bits per heavy atom. The summed E-state index contributed by atoms with van der Waals surface area (Å²) >= 11 is 0. The van der Waals surface area contributed by atoms with Crippen LogP contribution >= 0.6 is 0 Å². The number of ether oxygens (including phenoxy) is 2. The van der Waals surface area contributed by atoms with Gasteiger partial charge >= 0.3 is 0 Å². The van der Waals surface area contributed by atoms with Crippen LogP contribution in [0.5, 0.6) is 11.5 Å². The number of nitrogens with zero attached hydrogens (tertiary/aromatic N) is 1. The van der Waals surface area contributed by atoms with Crippen LogP contribution in [0.2, 0.25) is 16.6 Å². The number of rotatable bonds is 8. The van der Waals surface area contributed by atoms with Crippen molar-refractivity contribution in [1.29, 1.82) is 0 Å². The van der Waals surface area contributed by atoms with Crippen LogP contribution in [-0.4, -0.2) is 28.5 Å². The first kappa shape index (κ1) is 28.7. The molecule has 0 atom stereocenters. The minimum Gasteiger partial charge on any atom is -0.496 e. The zero-order chi connectivity index (χ0) is 26.5. The molecule has 2 rings (SSSR count). The Kier molecular flexibility index (Phi) is 9.81. The maximum Gasteiger partial charge on any atom is 0.146 e. The fourth-order valence-corrected chi connectivity index (χ4v) is 11.2. The van der Waals surface area contributed by atoms with Crippen LogP contribution in [0.15, 0.2) is 29.3 Å². The van der Waals surface area contributed by atoms with Crippen molar-refractivity contribution >= 4 is 14.3 Å². The molecule has 0 saturated heterocycles. The van der Waals surface area contributed by atoms with Crippen molar-refractivity contribution in [1.82, 2.24) is 0 Å². The van der Waals surface area contributed by atoms with Crippen LogP contribution in [0.3, 0.4) is 0 Å². The first-order chi connectivity index (χ1) is 16.4.